The highest BCUT2D eigenvalue weighted by Gasteiger charge is 2.11. The van der Waals surface area contributed by atoms with E-state index < -0.39 is 0 Å². The second-order valence-electron chi connectivity index (χ2n) is 3.77. The molecule has 0 aliphatic carbocycles. The number of nitrogens with two attached hydrogens (primary N) is 1. The first-order valence-corrected chi connectivity index (χ1v) is 5.94. The van der Waals surface area contributed by atoms with Crippen molar-refractivity contribution in [2.24, 2.45) is 12.8 Å². The largest absolute Gasteiger partial charge is 0.423 e. The van der Waals surface area contributed by atoms with Crippen LogP contribution in [0.2, 0.25) is 0 Å². The molecule has 0 aliphatic heterocycles. The van der Waals surface area contributed by atoms with Gasteiger partial charge in [0.15, 0.2) is 0 Å². The van der Waals surface area contributed by atoms with Gasteiger partial charge in [-0.05, 0) is 25.1 Å². The van der Waals surface area contributed by atoms with Gasteiger partial charge in [-0.3, -0.25) is 4.68 Å². The number of nitrogens with zero attached hydrogens (tertiary/aromatic N) is 3. The number of hydrogen-bond acceptors (Lipinski definition) is 4. The molecule has 1 atom stereocenters. The molecule has 1 aromatic carbocycles. The van der Waals surface area contributed by atoms with Crippen LogP contribution in [0.3, 0.4) is 0 Å². The number of benzene rings is 1. The molecule has 1 unspecified atom stereocenters. The molecule has 2 rings (SSSR count). The van der Waals surface area contributed by atoms with E-state index in [4.69, 9.17) is 10.5 Å². The predicted molar refractivity (Wildman–Crippen MR) is 67.8 cm³/mol. The summed E-state index contributed by atoms with van der Waals surface area (Å²) in [6, 6.07) is 5.87. The summed E-state index contributed by atoms with van der Waals surface area (Å²) in [7, 11) is 1.79. The summed E-state index contributed by atoms with van der Waals surface area (Å²) in [5, 5.41) is 4.06. The monoisotopic (exact) mass is 296 g/mol. The molecule has 17 heavy (non-hydrogen) atoms. The Balaban J connectivity index is 2.32. The fraction of sp³-hybridized carbons (Fsp3) is 0.273. The third-order valence-electron chi connectivity index (χ3n) is 2.24. The van der Waals surface area contributed by atoms with Crippen molar-refractivity contribution < 1.29 is 4.74 Å². The summed E-state index contributed by atoms with van der Waals surface area (Å²) in [5.74, 6) is 0.675. The fourth-order valence-corrected chi connectivity index (χ4v) is 1.81. The lowest BCUT2D eigenvalue weighted by Crippen LogP contribution is -2.07. The van der Waals surface area contributed by atoms with Crippen LogP contribution >= 0.6 is 15.9 Å². The van der Waals surface area contributed by atoms with Gasteiger partial charge in [0.1, 0.15) is 12.1 Å². The quantitative estimate of drug-likeness (QED) is 0.944. The summed E-state index contributed by atoms with van der Waals surface area (Å²) >= 11 is 3.41. The number of aryl methyl sites for hydroxylation is 1. The van der Waals surface area contributed by atoms with E-state index in [9.17, 15) is 0 Å². The molecule has 2 aromatic rings. The molecule has 0 fully saturated rings. The van der Waals surface area contributed by atoms with Crippen LogP contribution in [0.5, 0.6) is 11.8 Å². The maximum atomic E-state index is 5.90. The Morgan fingerprint density at radius 2 is 2.24 bits per heavy atom. The van der Waals surface area contributed by atoms with Crippen molar-refractivity contribution >= 4 is 15.9 Å². The summed E-state index contributed by atoms with van der Waals surface area (Å²) in [6.07, 6.45) is 1.58. The summed E-state index contributed by atoms with van der Waals surface area (Å²) < 4.78 is 8.15. The van der Waals surface area contributed by atoms with Crippen LogP contribution in [0, 0.1) is 0 Å². The summed E-state index contributed by atoms with van der Waals surface area (Å²) in [4.78, 5) is 4.01. The van der Waals surface area contributed by atoms with Gasteiger partial charge < -0.3 is 10.5 Å². The standard InChI is InChI=1S/C11H13BrN4O/c1-7(13)9-5-8(12)3-4-10(9)17-11-14-6-16(2)15-11/h3-7H,13H2,1-2H3. The van der Waals surface area contributed by atoms with E-state index >= 15 is 0 Å². The Bertz CT molecular complexity index is 524. The molecule has 90 valence electrons. The van der Waals surface area contributed by atoms with E-state index in [1.807, 2.05) is 25.1 Å². The molecule has 0 bridgehead atoms. The first-order valence-electron chi connectivity index (χ1n) is 5.15. The molecule has 0 amide bonds. The molecule has 0 spiro atoms. The molecule has 0 aliphatic rings. The first-order chi connectivity index (χ1) is 8.06. The number of ether oxygens (including phenoxy) is 1. The second kappa shape index (κ2) is 4.85. The topological polar surface area (TPSA) is 66.0 Å². The average Bonchev–Trinajstić information content (AvgIpc) is 2.66. The van der Waals surface area contributed by atoms with E-state index in [0.717, 1.165) is 10.0 Å². The van der Waals surface area contributed by atoms with Gasteiger partial charge in [0, 0.05) is 23.1 Å². The molecule has 1 heterocycles. The van der Waals surface area contributed by atoms with Crippen molar-refractivity contribution in [2.45, 2.75) is 13.0 Å². The van der Waals surface area contributed by atoms with Gasteiger partial charge in [-0.25, -0.2) is 0 Å². The molecule has 0 radical (unpaired) electrons. The van der Waals surface area contributed by atoms with Crippen molar-refractivity contribution in [2.75, 3.05) is 0 Å². The third kappa shape index (κ3) is 2.83. The molecule has 6 heteroatoms. The Morgan fingerprint density at radius 1 is 1.47 bits per heavy atom. The lowest BCUT2D eigenvalue weighted by Gasteiger charge is -2.12. The summed E-state index contributed by atoms with van der Waals surface area (Å²) in [5.41, 5.74) is 6.80. The molecule has 0 saturated heterocycles. The highest BCUT2D eigenvalue weighted by atomic mass is 79.9. The van der Waals surface area contributed by atoms with Crippen LogP contribution in [0.25, 0.3) is 0 Å². The van der Waals surface area contributed by atoms with E-state index in [1.165, 1.54) is 0 Å². The zero-order chi connectivity index (χ0) is 12.4. The fourth-order valence-electron chi connectivity index (χ4n) is 1.43. The van der Waals surface area contributed by atoms with Crippen LogP contribution in [-0.2, 0) is 7.05 Å². The number of rotatable bonds is 3. The average molecular weight is 297 g/mol. The van der Waals surface area contributed by atoms with E-state index in [1.54, 1.807) is 18.1 Å². The van der Waals surface area contributed by atoms with E-state index in [2.05, 4.69) is 26.0 Å². The minimum Gasteiger partial charge on any atom is -0.423 e. The van der Waals surface area contributed by atoms with Crippen molar-refractivity contribution in [3.05, 3.63) is 34.6 Å². The Morgan fingerprint density at radius 3 is 2.82 bits per heavy atom. The molecular formula is C11H13BrN4O. The number of halogens is 1. The van der Waals surface area contributed by atoms with Gasteiger partial charge in [0.25, 0.3) is 0 Å². The van der Waals surface area contributed by atoms with Crippen LogP contribution < -0.4 is 10.5 Å². The first kappa shape index (κ1) is 12.1. The number of aromatic nitrogens is 3. The van der Waals surface area contributed by atoms with Crippen LogP contribution in [0.4, 0.5) is 0 Å². The minimum atomic E-state index is -0.119. The van der Waals surface area contributed by atoms with Gasteiger partial charge in [-0.2, -0.15) is 4.98 Å². The normalized spacial score (nSPS) is 12.5. The van der Waals surface area contributed by atoms with Gasteiger partial charge >= 0.3 is 6.01 Å². The van der Waals surface area contributed by atoms with Gasteiger partial charge in [-0.15, -0.1) is 5.10 Å². The van der Waals surface area contributed by atoms with Crippen LogP contribution in [0.15, 0.2) is 29.0 Å². The molecule has 0 saturated carbocycles. The zero-order valence-corrected chi connectivity index (χ0v) is 11.2. The van der Waals surface area contributed by atoms with Crippen LogP contribution in [-0.4, -0.2) is 14.8 Å². The van der Waals surface area contributed by atoms with E-state index in [0.29, 0.717) is 11.8 Å². The van der Waals surface area contributed by atoms with Gasteiger partial charge in [0.2, 0.25) is 0 Å². The maximum absolute atomic E-state index is 5.90. The van der Waals surface area contributed by atoms with Crippen LogP contribution in [0.1, 0.15) is 18.5 Å². The molecular weight excluding hydrogens is 284 g/mol. The van der Waals surface area contributed by atoms with Crippen molar-refractivity contribution in [1.29, 1.82) is 0 Å². The number of hydrogen-bond donors (Lipinski definition) is 1. The SMILES string of the molecule is CC(N)c1cc(Br)ccc1Oc1ncn(C)n1. The predicted octanol–water partition coefficient (Wildman–Crippen LogP) is 2.39. The smallest absolute Gasteiger partial charge is 0.340 e. The minimum absolute atomic E-state index is 0.119. The highest BCUT2D eigenvalue weighted by Crippen LogP contribution is 2.29. The second-order valence-corrected chi connectivity index (χ2v) is 4.69. The Hall–Kier alpha value is -1.40. The van der Waals surface area contributed by atoms with Crippen molar-refractivity contribution in [3.8, 4) is 11.8 Å². The summed E-state index contributed by atoms with van der Waals surface area (Å²) in [6.45, 7) is 1.90. The van der Waals surface area contributed by atoms with E-state index in [-0.39, 0.29) is 6.04 Å². The zero-order valence-electron chi connectivity index (χ0n) is 9.59. The lowest BCUT2D eigenvalue weighted by molar-refractivity contribution is 0.431. The molecule has 5 nitrogen and oxygen atoms in total. The maximum Gasteiger partial charge on any atom is 0.340 e. The Kier molecular flexibility index (Phi) is 3.44. The molecule has 1 aromatic heterocycles. The van der Waals surface area contributed by atoms with Crippen molar-refractivity contribution in [3.63, 3.8) is 0 Å². The Labute approximate surface area is 108 Å². The van der Waals surface area contributed by atoms with Gasteiger partial charge in [0.05, 0.1) is 0 Å². The third-order valence-corrected chi connectivity index (χ3v) is 2.74. The lowest BCUT2D eigenvalue weighted by atomic mass is 10.1. The van der Waals surface area contributed by atoms with Crippen molar-refractivity contribution in [1.82, 2.24) is 14.8 Å². The molecule has 2 N–H and O–H groups in total. The van der Waals surface area contributed by atoms with Gasteiger partial charge in [-0.1, -0.05) is 15.9 Å². The highest BCUT2D eigenvalue weighted by molar-refractivity contribution is 9.10.